The minimum Gasteiger partial charge on any atom is -0.372 e. The van der Waals surface area contributed by atoms with E-state index >= 15 is 0 Å². The first-order chi connectivity index (χ1) is 24.9. The summed E-state index contributed by atoms with van der Waals surface area (Å²) in [6.07, 6.45) is -7.91. The van der Waals surface area contributed by atoms with Crippen LogP contribution in [0, 0.1) is 0 Å². The third-order valence-corrected chi connectivity index (χ3v) is 9.39. The van der Waals surface area contributed by atoms with E-state index in [1.54, 1.807) is 12.1 Å². The maximum absolute atomic E-state index is 14.6. The molecule has 0 N–H and O–H groups in total. The molecule has 0 aliphatic rings. The van der Waals surface area contributed by atoms with Gasteiger partial charge < -0.3 is 4.90 Å². The molecular formula is C30H22F17N5O2S. The highest BCUT2D eigenvalue weighted by Crippen LogP contribution is 2.64. The van der Waals surface area contributed by atoms with Gasteiger partial charge in [-0.25, -0.2) is 8.42 Å². The number of hydrogen-bond donors (Lipinski definition) is 0. The van der Waals surface area contributed by atoms with E-state index in [0.29, 0.717) is 23.5 Å². The van der Waals surface area contributed by atoms with Crippen molar-refractivity contribution in [1.82, 2.24) is 0 Å². The Morgan fingerprint density at radius 2 is 0.709 bits per heavy atom. The van der Waals surface area contributed by atoms with Gasteiger partial charge in [-0.1, -0.05) is 0 Å². The van der Waals surface area contributed by atoms with E-state index in [1.807, 2.05) is 26.0 Å². The van der Waals surface area contributed by atoms with Gasteiger partial charge in [0.05, 0.1) is 27.6 Å². The summed E-state index contributed by atoms with van der Waals surface area (Å²) in [4.78, 5) is -0.0340. The van der Waals surface area contributed by atoms with Crippen LogP contribution in [0.5, 0.6) is 0 Å². The van der Waals surface area contributed by atoms with Crippen molar-refractivity contribution in [2.75, 3.05) is 18.0 Å². The van der Waals surface area contributed by atoms with Crippen molar-refractivity contribution in [3.05, 3.63) is 72.8 Å². The van der Waals surface area contributed by atoms with Gasteiger partial charge in [0.2, 0.25) is 9.84 Å². The Morgan fingerprint density at radius 1 is 0.436 bits per heavy atom. The molecule has 55 heavy (non-hydrogen) atoms. The highest BCUT2D eigenvalue weighted by Gasteiger charge is 2.96. The number of halogens is 17. The second-order valence-electron chi connectivity index (χ2n) is 11.1. The first-order valence-electron chi connectivity index (χ1n) is 14.7. The van der Waals surface area contributed by atoms with Crippen LogP contribution in [0.1, 0.15) is 13.8 Å². The normalized spacial score (nSPS) is 14.6. The molecule has 3 rings (SSSR count). The molecule has 3 aromatic carbocycles. The number of nitrogens with zero attached hydrogens (tertiary/aromatic N) is 5. The number of anilines is 1. The Balaban J connectivity index is 1.83. The molecular weight excluding hydrogens is 817 g/mol. The number of rotatable bonds is 15. The first kappa shape index (κ1) is 44.8. The van der Waals surface area contributed by atoms with Crippen LogP contribution in [-0.4, -0.2) is 68.5 Å². The summed E-state index contributed by atoms with van der Waals surface area (Å²) in [6, 6.07) is 13.2. The Kier molecular flexibility index (Phi) is 12.1. The van der Waals surface area contributed by atoms with Crippen LogP contribution in [0.2, 0.25) is 0 Å². The lowest BCUT2D eigenvalue weighted by atomic mass is 9.91. The van der Waals surface area contributed by atoms with Gasteiger partial charge in [0, 0.05) is 18.8 Å². The molecule has 0 unspecified atom stereocenters. The fourth-order valence-electron chi connectivity index (χ4n) is 4.29. The van der Waals surface area contributed by atoms with Crippen LogP contribution in [-0.2, 0) is 9.84 Å². The maximum Gasteiger partial charge on any atom is 0.460 e. The topological polar surface area (TPSA) is 86.8 Å². The number of alkyl halides is 17. The van der Waals surface area contributed by atoms with Crippen molar-refractivity contribution in [3.63, 3.8) is 0 Å². The van der Waals surface area contributed by atoms with Gasteiger partial charge in [-0.15, -0.1) is 0 Å². The highest BCUT2D eigenvalue weighted by molar-refractivity contribution is 7.92. The Labute approximate surface area is 298 Å². The molecule has 3 aromatic rings. The molecule has 0 fully saturated rings. The van der Waals surface area contributed by atoms with Crippen molar-refractivity contribution in [2.45, 2.75) is 65.7 Å². The summed E-state index contributed by atoms with van der Waals surface area (Å²) in [5, 5.41) is 7.67. The fourth-order valence-corrected chi connectivity index (χ4v) is 5.55. The van der Waals surface area contributed by atoms with Gasteiger partial charge in [0.15, 0.2) is 0 Å². The van der Waals surface area contributed by atoms with E-state index in [-0.39, 0.29) is 17.8 Å². The van der Waals surface area contributed by atoms with Crippen LogP contribution in [0.4, 0.5) is 103 Å². The van der Waals surface area contributed by atoms with Crippen LogP contribution in [0.25, 0.3) is 0 Å². The first-order valence-corrected chi connectivity index (χ1v) is 16.2. The molecule has 0 radical (unpaired) electrons. The van der Waals surface area contributed by atoms with Gasteiger partial charge in [-0.2, -0.15) is 95.1 Å². The predicted octanol–water partition coefficient (Wildman–Crippen LogP) is 12.1. The predicted molar refractivity (Wildman–Crippen MR) is 159 cm³/mol. The zero-order valence-corrected chi connectivity index (χ0v) is 28.0. The van der Waals surface area contributed by atoms with E-state index in [4.69, 9.17) is 0 Å². The van der Waals surface area contributed by atoms with Crippen LogP contribution >= 0.6 is 0 Å². The summed E-state index contributed by atoms with van der Waals surface area (Å²) in [7, 11) is -7.45. The molecule has 0 bridgehead atoms. The molecule has 0 atom stereocenters. The molecule has 0 heterocycles. The van der Waals surface area contributed by atoms with Crippen molar-refractivity contribution < 1.29 is 83.1 Å². The summed E-state index contributed by atoms with van der Waals surface area (Å²) < 4.78 is 256. The number of hydrogen-bond acceptors (Lipinski definition) is 7. The van der Waals surface area contributed by atoms with E-state index in [9.17, 15) is 83.1 Å². The Morgan fingerprint density at radius 3 is 1.02 bits per heavy atom. The summed E-state index contributed by atoms with van der Waals surface area (Å²) in [6.45, 7) is 5.54. The smallest absolute Gasteiger partial charge is 0.372 e. The zero-order valence-electron chi connectivity index (χ0n) is 27.2. The van der Waals surface area contributed by atoms with Crippen LogP contribution < -0.4 is 4.90 Å². The van der Waals surface area contributed by atoms with Crippen molar-refractivity contribution >= 4 is 38.3 Å². The van der Waals surface area contributed by atoms with E-state index < -0.39 is 67.4 Å². The van der Waals surface area contributed by atoms with Crippen LogP contribution in [0.15, 0.2) is 98.1 Å². The SMILES string of the molecule is CCN(CC)c1ccc(N=Nc2ccc(N=Nc3ccc(S(=O)(=O)C(F)(F)C(F)(F)C(F)(F)C(F)(F)C(F)(F)C(F)(F)C(F)(F)C(F)(F)F)cc3)cc2)cc1. The third-order valence-electron chi connectivity index (χ3n) is 7.57. The van der Waals surface area contributed by atoms with Crippen molar-refractivity contribution in [1.29, 1.82) is 0 Å². The van der Waals surface area contributed by atoms with Gasteiger partial charge >= 0.3 is 47.0 Å². The van der Waals surface area contributed by atoms with Gasteiger partial charge in [-0.3, -0.25) is 0 Å². The maximum atomic E-state index is 14.6. The van der Waals surface area contributed by atoms with Crippen molar-refractivity contribution in [2.24, 2.45) is 20.5 Å². The van der Waals surface area contributed by atoms with E-state index in [0.717, 1.165) is 18.8 Å². The largest absolute Gasteiger partial charge is 0.460 e. The van der Waals surface area contributed by atoms with E-state index in [1.165, 1.54) is 24.3 Å². The summed E-state index contributed by atoms with van der Waals surface area (Å²) in [5.74, 6) is -52.0. The average Bonchev–Trinajstić information content (AvgIpc) is 3.10. The minimum atomic E-state index is -8.91. The number of azo groups is 2. The molecule has 0 saturated carbocycles. The fraction of sp³-hybridized carbons (Fsp3) is 0.400. The van der Waals surface area contributed by atoms with E-state index in [2.05, 4.69) is 25.4 Å². The van der Waals surface area contributed by atoms with Crippen LogP contribution in [0.3, 0.4) is 0 Å². The third kappa shape index (κ3) is 7.54. The highest BCUT2D eigenvalue weighted by atomic mass is 32.2. The summed E-state index contributed by atoms with van der Waals surface area (Å²) >= 11 is 0. The second-order valence-corrected chi connectivity index (χ2v) is 13.1. The molecule has 0 aliphatic carbocycles. The molecule has 0 amide bonds. The lowest BCUT2D eigenvalue weighted by Crippen LogP contribution is -2.75. The zero-order chi connectivity index (χ0) is 42.3. The summed E-state index contributed by atoms with van der Waals surface area (Å²) in [5.41, 5.74) is 1.38. The van der Waals surface area contributed by atoms with Gasteiger partial charge in [0.1, 0.15) is 0 Å². The van der Waals surface area contributed by atoms with Gasteiger partial charge in [-0.05, 0) is 86.6 Å². The molecule has 304 valence electrons. The Bertz CT molecular complexity index is 1960. The Hall–Kier alpha value is -4.58. The number of benzene rings is 3. The molecule has 0 aliphatic heterocycles. The van der Waals surface area contributed by atoms with Gasteiger partial charge in [0.25, 0.3) is 0 Å². The monoisotopic (exact) mass is 839 g/mol. The molecule has 0 spiro atoms. The second kappa shape index (κ2) is 14.8. The standard InChI is InChI=1S/C30H22F17N5O2S/c1-3-52(4-2)21-13-9-19(10-14-21)50-48-17-5-7-18(8-6-17)49-51-20-11-15-22(16-12-20)55(53,54)30(46,47)28(41,42)26(37,38)24(33,34)23(31,32)25(35,36)27(39,40)29(43,44)45/h5-16H,3-4H2,1-2H3. The average molecular weight is 840 g/mol. The van der Waals surface area contributed by atoms with Crippen molar-refractivity contribution in [3.8, 4) is 0 Å². The lowest BCUT2D eigenvalue weighted by molar-refractivity contribution is -0.458. The molecule has 0 aromatic heterocycles. The number of sulfone groups is 1. The molecule has 7 nitrogen and oxygen atoms in total. The molecule has 0 saturated heterocycles. The quantitative estimate of drug-likeness (QED) is 0.113. The molecule has 25 heteroatoms. The lowest BCUT2D eigenvalue weighted by Gasteiger charge is -2.42. The minimum absolute atomic E-state index is 0.0592.